The predicted molar refractivity (Wildman–Crippen MR) is 75.6 cm³/mol. The van der Waals surface area contributed by atoms with Gasteiger partial charge in [-0.1, -0.05) is 0 Å². The van der Waals surface area contributed by atoms with Gasteiger partial charge in [-0.2, -0.15) is 0 Å². The van der Waals surface area contributed by atoms with E-state index in [1.165, 1.54) is 19.2 Å². The van der Waals surface area contributed by atoms with E-state index >= 15 is 0 Å². The Hall–Kier alpha value is -1.60. The molecular formula is C14H18O6S. The third-order valence-corrected chi connectivity index (χ3v) is 5.24. The standard InChI is InChI=1S/C14H18O6S/c1-19-13-5-4-11(9-12(13)14(15)16)21(17,18)8-6-10-3-2-7-20-10/h4-5,9-10H,2-3,6-8H2,1H3,(H,15,16). The minimum absolute atomic E-state index is 0.00121. The molecule has 0 amide bonds. The van der Waals surface area contributed by atoms with Crippen LogP contribution in [0.1, 0.15) is 29.6 Å². The van der Waals surface area contributed by atoms with Gasteiger partial charge in [0.05, 0.1) is 23.9 Å². The lowest BCUT2D eigenvalue weighted by Gasteiger charge is -2.11. The van der Waals surface area contributed by atoms with E-state index in [1.807, 2.05) is 0 Å². The fraction of sp³-hybridized carbons (Fsp3) is 0.500. The number of hydrogen-bond acceptors (Lipinski definition) is 5. The predicted octanol–water partition coefficient (Wildman–Crippen LogP) is 1.74. The number of sulfone groups is 1. The van der Waals surface area contributed by atoms with E-state index in [0.29, 0.717) is 13.0 Å². The van der Waals surface area contributed by atoms with Crippen LogP contribution in [-0.2, 0) is 14.6 Å². The molecule has 6 nitrogen and oxygen atoms in total. The third-order valence-electron chi connectivity index (χ3n) is 3.49. The molecule has 1 heterocycles. The topological polar surface area (TPSA) is 89.9 Å². The van der Waals surface area contributed by atoms with Crippen molar-refractivity contribution in [2.75, 3.05) is 19.5 Å². The summed E-state index contributed by atoms with van der Waals surface area (Å²) in [6.07, 6.45) is 2.24. The maximum absolute atomic E-state index is 12.3. The van der Waals surface area contributed by atoms with Gasteiger partial charge in [0.1, 0.15) is 11.3 Å². The third kappa shape index (κ3) is 3.74. The Labute approximate surface area is 123 Å². The second-order valence-corrected chi connectivity index (χ2v) is 7.02. The summed E-state index contributed by atoms with van der Waals surface area (Å²) in [5, 5.41) is 9.09. The van der Waals surface area contributed by atoms with E-state index < -0.39 is 15.8 Å². The Morgan fingerprint density at radius 1 is 1.48 bits per heavy atom. The second kappa shape index (κ2) is 6.44. The Bertz CT molecular complexity index is 616. The number of benzene rings is 1. The van der Waals surface area contributed by atoms with Crippen LogP contribution in [0.15, 0.2) is 23.1 Å². The van der Waals surface area contributed by atoms with Gasteiger partial charge in [0, 0.05) is 6.61 Å². The van der Waals surface area contributed by atoms with Crippen molar-refractivity contribution in [3.8, 4) is 5.75 Å². The summed E-state index contributed by atoms with van der Waals surface area (Å²) < 4.78 is 34.9. The average Bonchev–Trinajstić information content (AvgIpc) is 2.97. The van der Waals surface area contributed by atoms with E-state index in [-0.39, 0.29) is 28.1 Å². The highest BCUT2D eigenvalue weighted by Gasteiger charge is 2.23. The van der Waals surface area contributed by atoms with E-state index in [1.54, 1.807) is 0 Å². The van der Waals surface area contributed by atoms with Gasteiger partial charge < -0.3 is 14.6 Å². The molecule has 0 aromatic heterocycles. The Morgan fingerprint density at radius 2 is 2.24 bits per heavy atom. The van der Waals surface area contributed by atoms with Crippen molar-refractivity contribution in [1.82, 2.24) is 0 Å². The lowest BCUT2D eigenvalue weighted by Crippen LogP contribution is -2.15. The summed E-state index contributed by atoms with van der Waals surface area (Å²) in [6.45, 7) is 0.677. The van der Waals surface area contributed by atoms with Gasteiger partial charge in [-0.15, -0.1) is 0 Å². The van der Waals surface area contributed by atoms with Crippen LogP contribution in [0.4, 0.5) is 0 Å². The van der Waals surface area contributed by atoms with Crippen LogP contribution in [-0.4, -0.2) is 45.1 Å². The van der Waals surface area contributed by atoms with Gasteiger partial charge in [0.25, 0.3) is 0 Å². The molecule has 1 aromatic carbocycles. The highest BCUT2D eigenvalue weighted by atomic mass is 32.2. The second-order valence-electron chi connectivity index (χ2n) is 4.91. The number of carboxylic acid groups (broad SMARTS) is 1. The number of ether oxygens (including phenoxy) is 2. The lowest BCUT2D eigenvalue weighted by molar-refractivity contribution is 0.0693. The zero-order chi connectivity index (χ0) is 15.5. The maximum Gasteiger partial charge on any atom is 0.339 e. The monoisotopic (exact) mass is 314 g/mol. The van der Waals surface area contributed by atoms with E-state index in [4.69, 9.17) is 14.6 Å². The summed E-state index contributed by atoms with van der Waals surface area (Å²) in [5.41, 5.74) is -0.157. The molecule has 1 aliphatic heterocycles. The largest absolute Gasteiger partial charge is 0.496 e. The zero-order valence-corrected chi connectivity index (χ0v) is 12.6. The molecule has 1 atom stereocenters. The van der Waals surface area contributed by atoms with Crippen molar-refractivity contribution in [2.24, 2.45) is 0 Å². The van der Waals surface area contributed by atoms with Crippen LogP contribution in [0.3, 0.4) is 0 Å². The molecule has 1 unspecified atom stereocenters. The molecule has 21 heavy (non-hydrogen) atoms. The molecule has 7 heteroatoms. The summed E-state index contributed by atoms with van der Waals surface area (Å²) in [5.74, 6) is -1.13. The van der Waals surface area contributed by atoms with Crippen molar-refractivity contribution in [2.45, 2.75) is 30.3 Å². The van der Waals surface area contributed by atoms with Crippen molar-refractivity contribution < 1.29 is 27.8 Å². The molecule has 1 N–H and O–H groups in total. The molecule has 0 bridgehead atoms. The summed E-state index contributed by atoms with van der Waals surface area (Å²) in [4.78, 5) is 11.1. The van der Waals surface area contributed by atoms with Gasteiger partial charge in [-0.25, -0.2) is 13.2 Å². The molecule has 2 rings (SSSR count). The molecular weight excluding hydrogens is 296 g/mol. The normalized spacial score (nSPS) is 18.6. The highest BCUT2D eigenvalue weighted by molar-refractivity contribution is 7.91. The number of hydrogen-bond donors (Lipinski definition) is 1. The van der Waals surface area contributed by atoms with Crippen LogP contribution in [0.5, 0.6) is 5.75 Å². The first kappa shape index (κ1) is 15.8. The summed E-state index contributed by atoms with van der Waals surface area (Å²) in [7, 11) is -2.19. The van der Waals surface area contributed by atoms with Crippen LogP contribution >= 0.6 is 0 Å². The van der Waals surface area contributed by atoms with Crippen molar-refractivity contribution in [1.29, 1.82) is 0 Å². The number of carbonyl (C=O) groups is 1. The van der Waals surface area contributed by atoms with Crippen LogP contribution < -0.4 is 4.74 Å². The molecule has 0 aliphatic carbocycles. The van der Waals surface area contributed by atoms with E-state index in [2.05, 4.69) is 0 Å². The average molecular weight is 314 g/mol. The highest BCUT2D eigenvalue weighted by Crippen LogP contribution is 2.24. The van der Waals surface area contributed by atoms with Crippen LogP contribution in [0.2, 0.25) is 0 Å². The molecule has 0 radical (unpaired) electrons. The van der Waals surface area contributed by atoms with Gasteiger partial charge >= 0.3 is 5.97 Å². The van der Waals surface area contributed by atoms with Crippen LogP contribution in [0, 0.1) is 0 Å². The minimum Gasteiger partial charge on any atom is -0.496 e. The SMILES string of the molecule is COc1ccc(S(=O)(=O)CCC2CCCO2)cc1C(=O)O. The Balaban J connectivity index is 2.18. The molecule has 116 valence electrons. The fourth-order valence-electron chi connectivity index (χ4n) is 2.32. The Morgan fingerprint density at radius 3 is 2.81 bits per heavy atom. The van der Waals surface area contributed by atoms with E-state index in [9.17, 15) is 13.2 Å². The number of rotatable bonds is 6. The number of aromatic carboxylic acids is 1. The first-order chi connectivity index (χ1) is 9.94. The number of methoxy groups -OCH3 is 1. The van der Waals surface area contributed by atoms with Crippen molar-refractivity contribution >= 4 is 15.8 Å². The van der Waals surface area contributed by atoms with Crippen LogP contribution in [0.25, 0.3) is 0 Å². The summed E-state index contributed by atoms with van der Waals surface area (Å²) in [6, 6.07) is 3.88. The fourth-order valence-corrected chi connectivity index (χ4v) is 3.71. The van der Waals surface area contributed by atoms with Crippen molar-refractivity contribution in [3.05, 3.63) is 23.8 Å². The zero-order valence-electron chi connectivity index (χ0n) is 11.7. The van der Waals surface area contributed by atoms with Gasteiger partial charge in [-0.05, 0) is 37.5 Å². The number of carboxylic acids is 1. The maximum atomic E-state index is 12.3. The van der Waals surface area contributed by atoms with Gasteiger partial charge in [-0.3, -0.25) is 0 Å². The Kier molecular flexibility index (Phi) is 4.84. The quantitative estimate of drug-likeness (QED) is 0.860. The molecule has 1 fully saturated rings. The molecule has 0 spiro atoms. The minimum atomic E-state index is -3.53. The molecule has 1 aromatic rings. The first-order valence-electron chi connectivity index (χ1n) is 6.70. The van der Waals surface area contributed by atoms with E-state index in [0.717, 1.165) is 18.9 Å². The molecule has 1 aliphatic rings. The van der Waals surface area contributed by atoms with Gasteiger partial charge in [0.15, 0.2) is 9.84 Å². The first-order valence-corrected chi connectivity index (χ1v) is 8.35. The summed E-state index contributed by atoms with van der Waals surface area (Å²) >= 11 is 0. The smallest absolute Gasteiger partial charge is 0.339 e. The molecule has 1 saturated heterocycles. The lowest BCUT2D eigenvalue weighted by atomic mass is 10.2. The van der Waals surface area contributed by atoms with Gasteiger partial charge in [0.2, 0.25) is 0 Å². The molecule has 0 saturated carbocycles. The van der Waals surface area contributed by atoms with Crippen molar-refractivity contribution in [3.63, 3.8) is 0 Å².